The van der Waals surface area contributed by atoms with Crippen LogP contribution in [0.3, 0.4) is 0 Å². The molecule has 1 unspecified atom stereocenters. The largest absolute Gasteiger partial charge is 0.495 e. The number of methoxy groups -OCH3 is 1. The van der Waals surface area contributed by atoms with Crippen molar-refractivity contribution in [3.8, 4) is 5.75 Å². The third-order valence-corrected chi connectivity index (χ3v) is 3.55. The Kier molecular flexibility index (Phi) is 4.93. The van der Waals surface area contributed by atoms with Gasteiger partial charge in [0.2, 0.25) is 0 Å². The van der Waals surface area contributed by atoms with Crippen molar-refractivity contribution >= 4 is 23.2 Å². The smallest absolute Gasteiger partial charge is 0.338 e. The molecule has 2 rings (SSSR count). The van der Waals surface area contributed by atoms with E-state index in [-0.39, 0.29) is 13.2 Å². The van der Waals surface area contributed by atoms with Crippen LogP contribution in [0.5, 0.6) is 5.75 Å². The minimum absolute atomic E-state index is 0.247. The summed E-state index contributed by atoms with van der Waals surface area (Å²) in [4.78, 5) is 24.7. The van der Waals surface area contributed by atoms with Gasteiger partial charge in [-0.1, -0.05) is 12.1 Å². The zero-order valence-corrected chi connectivity index (χ0v) is 13.8. The third kappa shape index (κ3) is 3.16. The molecule has 1 atom stereocenters. The molecular formula is C17H21NO5. The van der Waals surface area contributed by atoms with Crippen LogP contribution < -0.4 is 10.1 Å². The summed E-state index contributed by atoms with van der Waals surface area (Å²) in [5.41, 5.74) is 0.329. The first-order valence-corrected chi connectivity index (χ1v) is 7.49. The molecule has 0 aliphatic carbocycles. The molecule has 0 spiro atoms. The van der Waals surface area contributed by atoms with Gasteiger partial charge >= 0.3 is 11.9 Å². The molecular weight excluding hydrogens is 298 g/mol. The second kappa shape index (κ2) is 6.73. The third-order valence-electron chi connectivity index (χ3n) is 3.55. The summed E-state index contributed by atoms with van der Waals surface area (Å²) in [6.45, 7) is 5.61. The van der Waals surface area contributed by atoms with Gasteiger partial charge in [0, 0.05) is 5.56 Å². The molecule has 1 aliphatic heterocycles. The van der Waals surface area contributed by atoms with Gasteiger partial charge in [-0.25, -0.2) is 9.59 Å². The monoisotopic (exact) mass is 319 g/mol. The highest BCUT2D eigenvalue weighted by molar-refractivity contribution is 6.21. The van der Waals surface area contributed by atoms with Crippen molar-refractivity contribution < 1.29 is 23.8 Å². The Morgan fingerprint density at radius 2 is 1.87 bits per heavy atom. The van der Waals surface area contributed by atoms with Gasteiger partial charge in [0.1, 0.15) is 5.75 Å². The minimum Gasteiger partial charge on any atom is -0.495 e. The number of fused-ring (bicyclic) bond motifs is 1. The number of hydrogen-bond acceptors (Lipinski definition) is 6. The number of benzene rings is 1. The average molecular weight is 319 g/mol. The van der Waals surface area contributed by atoms with Crippen molar-refractivity contribution in [3.05, 3.63) is 29.8 Å². The highest BCUT2D eigenvalue weighted by Gasteiger charge is 2.40. The summed E-state index contributed by atoms with van der Waals surface area (Å²) in [5, 5.41) is 3.12. The zero-order chi connectivity index (χ0) is 17.0. The molecule has 0 saturated heterocycles. The van der Waals surface area contributed by atoms with Gasteiger partial charge in [0.15, 0.2) is 5.54 Å². The van der Waals surface area contributed by atoms with Crippen LogP contribution in [0.4, 0.5) is 5.69 Å². The van der Waals surface area contributed by atoms with Crippen molar-refractivity contribution in [1.29, 1.82) is 0 Å². The molecule has 0 amide bonds. The lowest BCUT2D eigenvalue weighted by atomic mass is 9.88. The van der Waals surface area contributed by atoms with Crippen LogP contribution in [-0.4, -0.2) is 37.8 Å². The van der Waals surface area contributed by atoms with Gasteiger partial charge in [-0.15, -0.1) is 0 Å². The number of para-hydroxylation sites is 1. The molecule has 0 radical (unpaired) electrons. The van der Waals surface area contributed by atoms with Crippen LogP contribution in [0.2, 0.25) is 0 Å². The van der Waals surface area contributed by atoms with Gasteiger partial charge in [-0.05, 0) is 32.9 Å². The number of ether oxygens (including phenoxy) is 3. The molecule has 1 aromatic rings. The highest BCUT2D eigenvalue weighted by Crippen LogP contribution is 2.40. The van der Waals surface area contributed by atoms with E-state index in [0.29, 0.717) is 22.6 Å². The lowest BCUT2D eigenvalue weighted by Crippen LogP contribution is -2.45. The minimum atomic E-state index is -1.18. The second-order valence-electron chi connectivity index (χ2n) is 5.21. The van der Waals surface area contributed by atoms with Crippen molar-refractivity contribution in [1.82, 2.24) is 0 Å². The van der Waals surface area contributed by atoms with Gasteiger partial charge in [-0.2, -0.15) is 0 Å². The summed E-state index contributed by atoms with van der Waals surface area (Å²) in [6.07, 6.45) is 1.55. The Morgan fingerprint density at radius 3 is 2.48 bits per heavy atom. The van der Waals surface area contributed by atoms with E-state index in [4.69, 9.17) is 14.2 Å². The number of carbonyl (C=O) groups is 2. The van der Waals surface area contributed by atoms with Crippen LogP contribution in [0.1, 0.15) is 26.3 Å². The predicted molar refractivity (Wildman–Crippen MR) is 86.3 cm³/mol. The maximum Gasteiger partial charge on any atom is 0.338 e. The first-order valence-electron chi connectivity index (χ1n) is 7.49. The van der Waals surface area contributed by atoms with Crippen molar-refractivity contribution in [2.45, 2.75) is 26.3 Å². The summed E-state index contributed by atoms with van der Waals surface area (Å²) < 4.78 is 15.6. The standard InChI is InChI=1S/C17H21NO5/c1-5-22-15(19)12-10-17(3,16(20)23-6-2)18-14-11(12)8-7-9-13(14)21-4/h7-10,18H,5-6H2,1-4H3. The molecule has 0 bridgehead atoms. The first-order chi connectivity index (χ1) is 11.0. The van der Waals surface area contributed by atoms with Crippen LogP contribution in [-0.2, 0) is 19.1 Å². The number of carbonyl (C=O) groups excluding carboxylic acids is 2. The van der Waals surface area contributed by atoms with Crippen LogP contribution in [0, 0.1) is 0 Å². The molecule has 124 valence electrons. The first kappa shape index (κ1) is 16.9. The number of hydrogen-bond donors (Lipinski definition) is 1. The summed E-state index contributed by atoms with van der Waals surface area (Å²) in [7, 11) is 1.53. The van der Waals surface area contributed by atoms with E-state index in [9.17, 15) is 9.59 Å². The molecule has 1 N–H and O–H groups in total. The topological polar surface area (TPSA) is 73.9 Å². The Hall–Kier alpha value is -2.50. The second-order valence-corrected chi connectivity index (χ2v) is 5.21. The number of anilines is 1. The van der Waals surface area contributed by atoms with Crippen molar-refractivity contribution in [2.24, 2.45) is 0 Å². The fraction of sp³-hybridized carbons (Fsp3) is 0.412. The van der Waals surface area contributed by atoms with Gasteiger partial charge < -0.3 is 19.5 Å². The fourth-order valence-corrected chi connectivity index (χ4v) is 2.49. The summed E-state index contributed by atoms with van der Waals surface area (Å²) in [5.74, 6) is -0.426. The molecule has 1 aliphatic rings. The Bertz CT molecular complexity index is 652. The van der Waals surface area contributed by atoms with Gasteiger partial charge in [0.25, 0.3) is 0 Å². The van der Waals surface area contributed by atoms with E-state index in [1.807, 2.05) is 0 Å². The zero-order valence-electron chi connectivity index (χ0n) is 13.8. The molecule has 0 aromatic heterocycles. The van der Waals surface area contributed by atoms with Crippen LogP contribution >= 0.6 is 0 Å². The Morgan fingerprint density at radius 1 is 1.17 bits per heavy atom. The van der Waals surface area contributed by atoms with E-state index >= 15 is 0 Å². The maximum atomic E-state index is 12.3. The quantitative estimate of drug-likeness (QED) is 0.840. The lowest BCUT2D eigenvalue weighted by Gasteiger charge is -2.33. The molecule has 1 heterocycles. The SMILES string of the molecule is CCOC(=O)C1=CC(C)(C(=O)OCC)Nc2c(OC)cccc21. The normalized spacial score (nSPS) is 19.0. The van der Waals surface area contributed by atoms with E-state index in [1.54, 1.807) is 45.0 Å². The number of esters is 2. The van der Waals surface area contributed by atoms with Gasteiger partial charge in [-0.3, -0.25) is 0 Å². The van der Waals surface area contributed by atoms with Crippen molar-refractivity contribution in [2.75, 3.05) is 25.6 Å². The van der Waals surface area contributed by atoms with Crippen molar-refractivity contribution in [3.63, 3.8) is 0 Å². The summed E-state index contributed by atoms with van der Waals surface area (Å²) in [6, 6.07) is 5.31. The maximum absolute atomic E-state index is 12.3. The molecule has 6 nitrogen and oxygen atoms in total. The molecule has 6 heteroatoms. The van der Waals surface area contributed by atoms with E-state index in [2.05, 4.69) is 5.32 Å². The lowest BCUT2D eigenvalue weighted by molar-refractivity contribution is -0.146. The molecule has 1 aromatic carbocycles. The highest BCUT2D eigenvalue weighted by atomic mass is 16.5. The predicted octanol–water partition coefficient (Wildman–Crippen LogP) is 2.39. The Balaban J connectivity index is 2.58. The number of nitrogens with one attached hydrogen (secondary N) is 1. The van der Waals surface area contributed by atoms with E-state index < -0.39 is 17.5 Å². The summed E-state index contributed by atoms with van der Waals surface area (Å²) >= 11 is 0. The molecule has 0 fully saturated rings. The average Bonchev–Trinajstić information content (AvgIpc) is 2.54. The molecule has 0 saturated carbocycles. The fourth-order valence-electron chi connectivity index (χ4n) is 2.49. The van der Waals surface area contributed by atoms with Gasteiger partial charge in [0.05, 0.1) is 31.6 Å². The van der Waals surface area contributed by atoms with Crippen LogP contribution in [0.15, 0.2) is 24.3 Å². The molecule has 23 heavy (non-hydrogen) atoms. The van der Waals surface area contributed by atoms with Crippen LogP contribution in [0.25, 0.3) is 5.57 Å². The number of rotatable bonds is 5. The van der Waals surface area contributed by atoms with E-state index in [1.165, 1.54) is 7.11 Å². The van der Waals surface area contributed by atoms with E-state index in [0.717, 1.165) is 0 Å². The Labute approximate surface area is 135 Å².